The molecule has 4 rings (SSSR count). The van der Waals surface area contributed by atoms with Crippen molar-refractivity contribution in [1.82, 2.24) is 10.6 Å². The predicted octanol–water partition coefficient (Wildman–Crippen LogP) is 2.34. The summed E-state index contributed by atoms with van der Waals surface area (Å²) in [4.78, 5) is 38.0. The SMILES string of the molecule is C[C@H]1OCC(=O)[C@H]1NC(=O)C1(NC(=O)c2cc3ccccc3o2)CCCCC1. The number of fused-ring (bicyclic) bond motifs is 1. The first-order valence-corrected chi connectivity index (χ1v) is 9.75. The molecule has 1 aliphatic heterocycles. The molecule has 1 aliphatic carbocycles. The number of para-hydroxylation sites is 1. The Morgan fingerprint density at radius 1 is 1.14 bits per heavy atom. The van der Waals surface area contributed by atoms with Crippen molar-refractivity contribution in [2.24, 2.45) is 0 Å². The zero-order valence-electron chi connectivity index (χ0n) is 15.8. The summed E-state index contributed by atoms with van der Waals surface area (Å²) < 4.78 is 11.0. The number of Topliss-reactive ketones (excluding diaryl/α,β-unsaturated/α-hetero) is 1. The van der Waals surface area contributed by atoms with Crippen molar-refractivity contribution in [2.45, 2.75) is 56.7 Å². The molecule has 1 saturated heterocycles. The van der Waals surface area contributed by atoms with E-state index >= 15 is 0 Å². The highest BCUT2D eigenvalue weighted by atomic mass is 16.5. The van der Waals surface area contributed by atoms with Crippen LogP contribution in [-0.4, -0.2) is 41.9 Å². The monoisotopic (exact) mass is 384 g/mol. The summed E-state index contributed by atoms with van der Waals surface area (Å²) in [6.45, 7) is 1.76. The van der Waals surface area contributed by atoms with Gasteiger partial charge in [-0.25, -0.2) is 0 Å². The van der Waals surface area contributed by atoms with Crippen molar-refractivity contribution < 1.29 is 23.5 Å². The normalized spacial score (nSPS) is 24.2. The van der Waals surface area contributed by atoms with Gasteiger partial charge in [-0.3, -0.25) is 14.4 Å². The van der Waals surface area contributed by atoms with Crippen LogP contribution in [0.25, 0.3) is 11.0 Å². The maximum absolute atomic E-state index is 13.1. The molecular formula is C21H24N2O5. The minimum Gasteiger partial charge on any atom is -0.451 e. The summed E-state index contributed by atoms with van der Waals surface area (Å²) in [7, 11) is 0. The number of hydrogen-bond donors (Lipinski definition) is 2. The highest BCUT2D eigenvalue weighted by Crippen LogP contribution is 2.30. The van der Waals surface area contributed by atoms with Gasteiger partial charge in [-0.05, 0) is 31.9 Å². The number of furan rings is 1. The second kappa shape index (κ2) is 7.39. The van der Waals surface area contributed by atoms with Crippen molar-refractivity contribution >= 4 is 28.6 Å². The lowest BCUT2D eigenvalue weighted by molar-refractivity contribution is -0.132. The van der Waals surface area contributed by atoms with Crippen LogP contribution in [0, 0.1) is 0 Å². The first-order chi connectivity index (χ1) is 13.5. The molecule has 2 amide bonds. The standard InChI is InChI=1S/C21H24N2O5/c1-13-18(15(24)12-27-13)22-20(26)21(9-5-2-6-10-21)23-19(25)17-11-14-7-3-4-8-16(14)28-17/h3-4,7-8,11,13,18H,2,5-6,9-10,12H2,1H3,(H,22,26)(H,23,25)/t13-,18+/m1/s1. The van der Waals surface area contributed by atoms with Gasteiger partial charge in [0.1, 0.15) is 23.8 Å². The van der Waals surface area contributed by atoms with E-state index in [2.05, 4.69) is 10.6 Å². The van der Waals surface area contributed by atoms with E-state index in [9.17, 15) is 14.4 Å². The third kappa shape index (κ3) is 3.42. The van der Waals surface area contributed by atoms with Crippen LogP contribution in [0.15, 0.2) is 34.7 Å². The van der Waals surface area contributed by atoms with Crippen LogP contribution < -0.4 is 10.6 Å². The largest absolute Gasteiger partial charge is 0.451 e. The van der Waals surface area contributed by atoms with Gasteiger partial charge in [-0.1, -0.05) is 37.5 Å². The van der Waals surface area contributed by atoms with Gasteiger partial charge in [0.05, 0.1) is 6.10 Å². The Hall–Kier alpha value is -2.67. The smallest absolute Gasteiger partial charge is 0.287 e. The fraction of sp³-hybridized carbons (Fsp3) is 0.476. The van der Waals surface area contributed by atoms with Crippen LogP contribution >= 0.6 is 0 Å². The Balaban J connectivity index is 1.55. The first kappa shape index (κ1) is 18.7. The maximum Gasteiger partial charge on any atom is 0.287 e. The first-order valence-electron chi connectivity index (χ1n) is 9.75. The Kier molecular flexibility index (Phi) is 4.93. The number of carbonyl (C=O) groups excluding carboxylic acids is 3. The van der Waals surface area contributed by atoms with Gasteiger partial charge in [0.25, 0.3) is 5.91 Å². The van der Waals surface area contributed by atoms with Gasteiger partial charge in [0.15, 0.2) is 11.5 Å². The number of hydrogen-bond acceptors (Lipinski definition) is 5. The lowest BCUT2D eigenvalue weighted by Crippen LogP contribution is -2.62. The quantitative estimate of drug-likeness (QED) is 0.843. The minimum atomic E-state index is -1.04. The fourth-order valence-corrected chi connectivity index (χ4v) is 4.08. The average molecular weight is 384 g/mol. The van der Waals surface area contributed by atoms with Gasteiger partial charge >= 0.3 is 0 Å². The van der Waals surface area contributed by atoms with Crippen molar-refractivity contribution in [3.05, 3.63) is 36.1 Å². The van der Waals surface area contributed by atoms with Crippen molar-refractivity contribution in [2.75, 3.05) is 6.61 Å². The molecule has 0 bridgehead atoms. The molecule has 2 aliphatic rings. The third-order valence-corrected chi connectivity index (χ3v) is 5.74. The molecule has 1 aromatic heterocycles. The second-order valence-corrected chi connectivity index (χ2v) is 7.68. The lowest BCUT2D eigenvalue weighted by atomic mass is 9.80. The highest BCUT2D eigenvalue weighted by Gasteiger charge is 2.44. The van der Waals surface area contributed by atoms with E-state index in [4.69, 9.17) is 9.15 Å². The number of amides is 2. The molecule has 7 heteroatoms. The number of ether oxygens (including phenoxy) is 1. The molecule has 148 valence electrons. The average Bonchev–Trinajstić information content (AvgIpc) is 3.27. The molecular weight excluding hydrogens is 360 g/mol. The van der Waals surface area contributed by atoms with Crippen LogP contribution in [0.5, 0.6) is 0 Å². The van der Waals surface area contributed by atoms with E-state index in [1.54, 1.807) is 19.1 Å². The van der Waals surface area contributed by atoms with E-state index in [-0.39, 0.29) is 30.2 Å². The van der Waals surface area contributed by atoms with Gasteiger partial charge in [-0.15, -0.1) is 0 Å². The maximum atomic E-state index is 13.1. The molecule has 2 N–H and O–H groups in total. The van der Waals surface area contributed by atoms with Crippen LogP contribution in [0.3, 0.4) is 0 Å². The number of carbonyl (C=O) groups is 3. The molecule has 0 spiro atoms. The Morgan fingerprint density at radius 2 is 1.89 bits per heavy atom. The van der Waals surface area contributed by atoms with E-state index in [0.717, 1.165) is 24.6 Å². The fourth-order valence-electron chi connectivity index (χ4n) is 4.08. The lowest BCUT2D eigenvalue weighted by Gasteiger charge is -2.37. The van der Waals surface area contributed by atoms with Crippen LogP contribution in [0.1, 0.15) is 49.6 Å². The molecule has 1 aromatic carbocycles. The van der Waals surface area contributed by atoms with Gasteiger partial charge < -0.3 is 19.8 Å². The van der Waals surface area contributed by atoms with Crippen molar-refractivity contribution in [3.8, 4) is 0 Å². The topological polar surface area (TPSA) is 97.6 Å². The van der Waals surface area contributed by atoms with E-state index in [0.29, 0.717) is 18.4 Å². The summed E-state index contributed by atoms with van der Waals surface area (Å²) in [6, 6.07) is 8.38. The highest BCUT2D eigenvalue weighted by molar-refractivity contribution is 6.01. The third-order valence-electron chi connectivity index (χ3n) is 5.74. The second-order valence-electron chi connectivity index (χ2n) is 7.68. The summed E-state index contributed by atoms with van der Waals surface area (Å²) in [5, 5.41) is 6.56. The van der Waals surface area contributed by atoms with Crippen LogP contribution in [-0.2, 0) is 14.3 Å². The molecule has 2 atom stereocenters. The number of ketones is 1. The molecule has 0 unspecified atom stereocenters. The molecule has 28 heavy (non-hydrogen) atoms. The molecule has 0 radical (unpaired) electrons. The summed E-state index contributed by atoms with van der Waals surface area (Å²) in [5.41, 5.74) is -0.422. The molecule has 1 saturated carbocycles. The van der Waals surface area contributed by atoms with Gasteiger partial charge in [0.2, 0.25) is 5.91 Å². The summed E-state index contributed by atoms with van der Waals surface area (Å²) in [5.74, 6) is -0.717. The summed E-state index contributed by atoms with van der Waals surface area (Å²) in [6.07, 6.45) is 3.36. The Bertz CT molecular complexity index is 879. The summed E-state index contributed by atoms with van der Waals surface area (Å²) >= 11 is 0. The minimum absolute atomic E-state index is 0.00442. The van der Waals surface area contributed by atoms with Crippen molar-refractivity contribution in [1.29, 1.82) is 0 Å². The molecule has 2 fully saturated rings. The Morgan fingerprint density at radius 3 is 2.57 bits per heavy atom. The van der Waals surface area contributed by atoms with Gasteiger partial charge in [0, 0.05) is 5.39 Å². The van der Waals surface area contributed by atoms with E-state index in [1.807, 2.05) is 18.2 Å². The molecule has 7 nitrogen and oxygen atoms in total. The zero-order chi connectivity index (χ0) is 19.7. The van der Waals surface area contributed by atoms with Crippen LogP contribution in [0.2, 0.25) is 0 Å². The van der Waals surface area contributed by atoms with Crippen molar-refractivity contribution in [3.63, 3.8) is 0 Å². The predicted molar refractivity (Wildman–Crippen MR) is 102 cm³/mol. The van der Waals surface area contributed by atoms with E-state index in [1.165, 1.54) is 0 Å². The molecule has 2 aromatic rings. The molecule has 2 heterocycles. The number of nitrogens with one attached hydrogen (secondary N) is 2. The number of benzene rings is 1. The van der Waals surface area contributed by atoms with E-state index < -0.39 is 17.5 Å². The zero-order valence-corrected chi connectivity index (χ0v) is 15.8. The number of rotatable bonds is 4. The Labute approximate surface area is 162 Å². The van der Waals surface area contributed by atoms with Crippen LogP contribution in [0.4, 0.5) is 0 Å². The van der Waals surface area contributed by atoms with Gasteiger partial charge in [-0.2, -0.15) is 0 Å².